The van der Waals surface area contributed by atoms with Gasteiger partial charge in [-0.05, 0) is 35.4 Å². The second-order valence-corrected chi connectivity index (χ2v) is 3.41. The number of hydrogen-bond donors (Lipinski definition) is 0. The molecule has 76 valence electrons. The molecule has 1 aliphatic heterocycles. The third kappa shape index (κ3) is 2.26. The molecule has 2 rings (SSSR count). The highest BCUT2D eigenvalue weighted by Gasteiger charge is 2.17. The van der Waals surface area contributed by atoms with Crippen LogP contribution in [0.1, 0.15) is 18.4 Å². The summed E-state index contributed by atoms with van der Waals surface area (Å²) in [6.07, 6.45) is 5.47. The maximum absolute atomic E-state index is 5.80. The highest BCUT2D eigenvalue weighted by atomic mass is 28.1. The minimum Gasteiger partial charge on any atom is -0.490 e. The van der Waals surface area contributed by atoms with Crippen molar-refractivity contribution in [1.29, 1.82) is 0 Å². The zero-order valence-corrected chi connectivity index (χ0v) is 7.70. The lowest BCUT2D eigenvalue weighted by Crippen LogP contribution is -2.21. The van der Waals surface area contributed by atoms with Gasteiger partial charge in [0, 0.05) is 6.42 Å². The number of fused-ring (bicyclic) bond motifs is 1. The molecule has 1 heterocycles. The Morgan fingerprint density at radius 3 is 3.00 bits per heavy atom. The highest BCUT2D eigenvalue weighted by molar-refractivity contribution is 5.75. The fourth-order valence-corrected chi connectivity index (χ4v) is 1.73. The molecule has 1 aromatic rings. The molecule has 0 N–H and O–H groups in total. The van der Waals surface area contributed by atoms with Crippen molar-refractivity contribution in [3.63, 3.8) is 0 Å². The third-order valence-corrected chi connectivity index (χ3v) is 2.43. The van der Waals surface area contributed by atoms with E-state index in [0.29, 0.717) is 6.10 Å². The summed E-state index contributed by atoms with van der Waals surface area (Å²) in [4.78, 5) is 0. The van der Waals surface area contributed by atoms with Gasteiger partial charge in [0.05, 0.1) is 0 Å². The molecule has 0 aromatic heterocycles. The summed E-state index contributed by atoms with van der Waals surface area (Å²) < 4.78 is 5.80. The molecule has 1 aromatic carbocycles. The van der Waals surface area contributed by atoms with Crippen LogP contribution in [-0.2, 0) is 6.42 Å². The van der Waals surface area contributed by atoms with Crippen molar-refractivity contribution >= 4 is 11.0 Å². The molecule has 1 atom stereocenters. The van der Waals surface area contributed by atoms with Gasteiger partial charge in [0.2, 0.25) is 0 Å². The van der Waals surface area contributed by atoms with Crippen LogP contribution >= 0.6 is 0 Å². The molecular formula is C12H18OSi. The van der Waals surface area contributed by atoms with Crippen LogP contribution in [0, 0.1) is 0 Å². The van der Waals surface area contributed by atoms with Crippen molar-refractivity contribution in [2.45, 2.75) is 25.4 Å². The number of rotatable bonds is 2. The van der Waals surface area contributed by atoms with E-state index in [9.17, 15) is 0 Å². The normalized spacial score (nSPS) is 18.7. The van der Waals surface area contributed by atoms with Gasteiger partial charge in [-0.1, -0.05) is 24.3 Å². The second-order valence-electron chi connectivity index (χ2n) is 3.41. The Balaban J connectivity index is 0.000000980. The minimum absolute atomic E-state index is 0. The van der Waals surface area contributed by atoms with Gasteiger partial charge in [-0.3, -0.25) is 0 Å². The van der Waals surface area contributed by atoms with E-state index >= 15 is 0 Å². The highest BCUT2D eigenvalue weighted by Crippen LogP contribution is 2.27. The lowest BCUT2D eigenvalue weighted by molar-refractivity contribution is 0.176. The number of ether oxygens (including phenoxy) is 1. The Kier molecular flexibility index (Phi) is 3.95. The first-order chi connectivity index (χ1) is 6.40. The summed E-state index contributed by atoms with van der Waals surface area (Å²) in [7, 11) is 0. The Labute approximate surface area is 89.8 Å². The van der Waals surface area contributed by atoms with Crippen LogP contribution in [0.25, 0.3) is 0 Å². The quantitative estimate of drug-likeness (QED) is 0.526. The van der Waals surface area contributed by atoms with Gasteiger partial charge in [-0.25, -0.2) is 0 Å². The molecule has 0 spiro atoms. The van der Waals surface area contributed by atoms with Gasteiger partial charge in [0.15, 0.2) is 0 Å². The first-order valence-corrected chi connectivity index (χ1v) is 4.75. The predicted octanol–water partition coefficient (Wildman–Crippen LogP) is 1.50. The molecule has 14 heavy (non-hydrogen) atoms. The Bertz CT molecular complexity index is 309. The molecule has 0 saturated carbocycles. The number of benzene rings is 1. The SMILES string of the molecule is C=CCC1CCc2ccccc2O1.[SiH4]. The third-order valence-electron chi connectivity index (χ3n) is 2.43. The summed E-state index contributed by atoms with van der Waals surface area (Å²) >= 11 is 0. The largest absolute Gasteiger partial charge is 0.490 e. The van der Waals surface area contributed by atoms with Gasteiger partial charge < -0.3 is 4.74 Å². The monoisotopic (exact) mass is 206 g/mol. The summed E-state index contributed by atoms with van der Waals surface area (Å²) in [6, 6.07) is 8.27. The van der Waals surface area contributed by atoms with E-state index in [0.717, 1.165) is 25.0 Å². The molecule has 0 fully saturated rings. The van der Waals surface area contributed by atoms with Crippen LogP contribution in [0.15, 0.2) is 36.9 Å². The Morgan fingerprint density at radius 2 is 2.21 bits per heavy atom. The van der Waals surface area contributed by atoms with Crippen LogP contribution in [-0.4, -0.2) is 17.1 Å². The van der Waals surface area contributed by atoms with Crippen LogP contribution in [0.4, 0.5) is 0 Å². The Morgan fingerprint density at radius 1 is 1.43 bits per heavy atom. The summed E-state index contributed by atoms with van der Waals surface area (Å²) in [6.45, 7) is 3.73. The summed E-state index contributed by atoms with van der Waals surface area (Å²) in [5.41, 5.74) is 1.34. The van der Waals surface area contributed by atoms with Gasteiger partial charge in [0.25, 0.3) is 0 Å². The van der Waals surface area contributed by atoms with Crippen LogP contribution in [0.2, 0.25) is 0 Å². The molecule has 1 nitrogen and oxygen atoms in total. The van der Waals surface area contributed by atoms with Crippen molar-refractivity contribution in [2.24, 2.45) is 0 Å². The van der Waals surface area contributed by atoms with Crippen molar-refractivity contribution < 1.29 is 4.74 Å². The van der Waals surface area contributed by atoms with E-state index in [1.807, 2.05) is 18.2 Å². The zero-order chi connectivity index (χ0) is 9.10. The second kappa shape index (κ2) is 5.01. The topological polar surface area (TPSA) is 9.23 Å². The molecule has 2 heteroatoms. The van der Waals surface area contributed by atoms with Crippen molar-refractivity contribution in [2.75, 3.05) is 0 Å². The molecule has 0 bridgehead atoms. The van der Waals surface area contributed by atoms with Crippen molar-refractivity contribution in [3.05, 3.63) is 42.5 Å². The van der Waals surface area contributed by atoms with Crippen LogP contribution in [0.5, 0.6) is 5.75 Å². The van der Waals surface area contributed by atoms with Gasteiger partial charge in [-0.2, -0.15) is 0 Å². The molecule has 0 amide bonds. The van der Waals surface area contributed by atoms with E-state index in [-0.39, 0.29) is 11.0 Å². The maximum atomic E-state index is 5.80. The van der Waals surface area contributed by atoms with E-state index in [1.165, 1.54) is 5.56 Å². The molecule has 0 radical (unpaired) electrons. The number of para-hydroxylation sites is 1. The smallest absolute Gasteiger partial charge is 0.122 e. The van der Waals surface area contributed by atoms with Gasteiger partial charge in [0.1, 0.15) is 11.9 Å². The van der Waals surface area contributed by atoms with Crippen LogP contribution < -0.4 is 4.74 Å². The van der Waals surface area contributed by atoms with Gasteiger partial charge >= 0.3 is 0 Å². The molecule has 0 aliphatic carbocycles. The van der Waals surface area contributed by atoms with E-state index in [1.54, 1.807) is 0 Å². The van der Waals surface area contributed by atoms with E-state index in [2.05, 4.69) is 18.7 Å². The number of aryl methyl sites for hydroxylation is 1. The molecule has 1 aliphatic rings. The van der Waals surface area contributed by atoms with Crippen molar-refractivity contribution in [1.82, 2.24) is 0 Å². The molecular weight excluding hydrogens is 188 g/mol. The lowest BCUT2D eigenvalue weighted by Gasteiger charge is -2.24. The van der Waals surface area contributed by atoms with E-state index in [4.69, 9.17) is 4.74 Å². The van der Waals surface area contributed by atoms with Gasteiger partial charge in [-0.15, -0.1) is 6.58 Å². The fourth-order valence-electron chi connectivity index (χ4n) is 1.73. The Hall–Kier alpha value is -1.02. The predicted molar refractivity (Wildman–Crippen MR) is 65.3 cm³/mol. The van der Waals surface area contributed by atoms with E-state index < -0.39 is 0 Å². The average Bonchev–Trinajstić information content (AvgIpc) is 2.18. The fraction of sp³-hybridized carbons (Fsp3) is 0.333. The van der Waals surface area contributed by atoms with Crippen LogP contribution in [0.3, 0.4) is 0 Å². The summed E-state index contributed by atoms with van der Waals surface area (Å²) in [5, 5.41) is 0. The first kappa shape index (κ1) is 11.1. The lowest BCUT2D eigenvalue weighted by atomic mass is 10.0. The molecule has 1 unspecified atom stereocenters. The maximum Gasteiger partial charge on any atom is 0.122 e. The minimum atomic E-state index is 0. The van der Waals surface area contributed by atoms with Crippen molar-refractivity contribution in [3.8, 4) is 5.75 Å². The standard InChI is InChI=1S/C12H14O.H4Si/c1-2-5-11-9-8-10-6-3-4-7-12(10)13-11;/h2-4,6-7,11H,1,5,8-9H2;1H4. The zero-order valence-electron chi connectivity index (χ0n) is 7.70. The average molecular weight is 206 g/mol. The first-order valence-electron chi connectivity index (χ1n) is 4.75. The summed E-state index contributed by atoms with van der Waals surface area (Å²) in [5.74, 6) is 1.06. The number of hydrogen-bond acceptors (Lipinski definition) is 1. The molecule has 0 saturated heterocycles.